The summed E-state index contributed by atoms with van der Waals surface area (Å²) in [4.78, 5) is 10.3. The minimum Gasteiger partial charge on any atom is -0.354 e. The molecule has 4 nitrogen and oxygen atoms in total. The number of likely N-dealkylation sites (N-methyl/N-ethyl adjacent to an activating group) is 1. The van der Waals surface area contributed by atoms with Crippen LogP contribution in [0.3, 0.4) is 0 Å². The first-order chi connectivity index (χ1) is 7.22. The Morgan fingerprint density at radius 1 is 1.60 bits per heavy atom. The van der Waals surface area contributed by atoms with E-state index in [-0.39, 0.29) is 0 Å². The van der Waals surface area contributed by atoms with Crippen molar-refractivity contribution in [1.29, 1.82) is 0 Å². The summed E-state index contributed by atoms with van der Waals surface area (Å²) in [5.41, 5.74) is 5.77. The molecule has 2 N–H and O–H groups in total. The monoisotopic (exact) mass is 226 g/mol. The van der Waals surface area contributed by atoms with Crippen LogP contribution in [0.5, 0.6) is 0 Å². The summed E-state index contributed by atoms with van der Waals surface area (Å²) in [7, 11) is 2.00. The minimum atomic E-state index is 0.359. The molecule has 1 aliphatic rings. The summed E-state index contributed by atoms with van der Waals surface area (Å²) in [6.07, 6.45) is 5.78. The van der Waals surface area contributed by atoms with Gasteiger partial charge in [-0.15, -0.1) is 0 Å². The number of hydrogen-bond donors (Lipinski definition) is 1. The third kappa shape index (κ3) is 2.38. The average Bonchev–Trinajstić information content (AvgIpc) is 3.03. The lowest BCUT2D eigenvalue weighted by molar-refractivity contribution is 0.565. The molecule has 15 heavy (non-hydrogen) atoms. The van der Waals surface area contributed by atoms with Crippen LogP contribution in [0.4, 0.5) is 5.82 Å². The predicted molar refractivity (Wildman–Crippen MR) is 61.0 cm³/mol. The molecule has 0 aromatic carbocycles. The summed E-state index contributed by atoms with van der Waals surface area (Å²) < 4.78 is 0. The molecule has 0 radical (unpaired) electrons. The van der Waals surface area contributed by atoms with Gasteiger partial charge in [-0.05, 0) is 18.8 Å². The highest BCUT2D eigenvalue weighted by atomic mass is 35.5. The molecule has 0 amide bonds. The Balaban J connectivity index is 2.14. The topological polar surface area (TPSA) is 55.0 Å². The fourth-order valence-corrected chi connectivity index (χ4v) is 1.96. The van der Waals surface area contributed by atoms with Gasteiger partial charge in [0.2, 0.25) is 0 Å². The Morgan fingerprint density at radius 2 is 2.33 bits per heavy atom. The van der Waals surface area contributed by atoms with Crippen LogP contribution in [0.25, 0.3) is 0 Å². The van der Waals surface area contributed by atoms with Gasteiger partial charge in [0, 0.05) is 19.6 Å². The van der Waals surface area contributed by atoms with E-state index >= 15 is 0 Å². The average molecular weight is 227 g/mol. The molecule has 1 heterocycles. The molecule has 1 atom stereocenters. The van der Waals surface area contributed by atoms with Gasteiger partial charge in [0.1, 0.15) is 11.0 Å². The third-order valence-corrected chi connectivity index (χ3v) is 3.04. The summed E-state index contributed by atoms with van der Waals surface area (Å²) in [6, 6.07) is 0.359. The highest BCUT2D eigenvalue weighted by Gasteiger charge is 2.33. The van der Waals surface area contributed by atoms with Crippen molar-refractivity contribution in [2.24, 2.45) is 11.7 Å². The number of halogens is 1. The summed E-state index contributed by atoms with van der Waals surface area (Å²) >= 11 is 5.80. The zero-order valence-electron chi connectivity index (χ0n) is 8.73. The van der Waals surface area contributed by atoms with Crippen molar-refractivity contribution >= 4 is 17.4 Å². The lowest BCUT2D eigenvalue weighted by atomic mass is 10.1. The zero-order chi connectivity index (χ0) is 10.8. The Morgan fingerprint density at radius 3 is 2.87 bits per heavy atom. The van der Waals surface area contributed by atoms with Gasteiger partial charge in [0.05, 0.1) is 12.4 Å². The number of nitrogens with zero attached hydrogens (tertiary/aromatic N) is 3. The van der Waals surface area contributed by atoms with E-state index in [4.69, 9.17) is 17.3 Å². The normalized spacial score (nSPS) is 17.5. The van der Waals surface area contributed by atoms with Crippen LogP contribution < -0.4 is 10.6 Å². The van der Waals surface area contributed by atoms with Crippen molar-refractivity contribution in [2.45, 2.75) is 18.9 Å². The van der Waals surface area contributed by atoms with Crippen molar-refractivity contribution in [3.8, 4) is 0 Å². The van der Waals surface area contributed by atoms with Crippen LogP contribution in [0.1, 0.15) is 12.8 Å². The molecular formula is C10H15ClN4. The first kappa shape index (κ1) is 10.6. The lowest BCUT2D eigenvalue weighted by Gasteiger charge is -2.27. The fraction of sp³-hybridized carbons (Fsp3) is 0.600. The molecule has 1 saturated carbocycles. The summed E-state index contributed by atoms with van der Waals surface area (Å²) in [5.74, 6) is 1.51. The number of nitrogens with two attached hydrogens (primary N) is 1. The molecule has 2 rings (SSSR count). The smallest absolute Gasteiger partial charge is 0.149 e. The fourth-order valence-electron chi connectivity index (χ4n) is 1.82. The summed E-state index contributed by atoms with van der Waals surface area (Å²) in [5, 5.41) is 0.422. The van der Waals surface area contributed by atoms with E-state index in [0.717, 1.165) is 5.82 Å². The van der Waals surface area contributed by atoms with Crippen molar-refractivity contribution in [3.63, 3.8) is 0 Å². The molecular weight excluding hydrogens is 212 g/mol. The predicted octanol–water partition coefficient (Wildman–Crippen LogP) is 1.30. The van der Waals surface area contributed by atoms with E-state index in [2.05, 4.69) is 14.9 Å². The van der Waals surface area contributed by atoms with Gasteiger partial charge in [-0.3, -0.25) is 4.98 Å². The van der Waals surface area contributed by atoms with E-state index in [1.165, 1.54) is 19.0 Å². The zero-order valence-corrected chi connectivity index (χ0v) is 9.48. The van der Waals surface area contributed by atoms with Gasteiger partial charge in [0.15, 0.2) is 0 Å². The minimum absolute atomic E-state index is 0.359. The van der Waals surface area contributed by atoms with Crippen molar-refractivity contribution in [3.05, 3.63) is 17.5 Å². The molecule has 1 aliphatic carbocycles. The molecule has 0 aliphatic heterocycles. The first-order valence-electron chi connectivity index (χ1n) is 5.13. The number of aromatic nitrogens is 2. The van der Waals surface area contributed by atoms with Crippen molar-refractivity contribution in [2.75, 3.05) is 18.5 Å². The lowest BCUT2D eigenvalue weighted by Crippen LogP contribution is -2.40. The second-order valence-corrected chi connectivity index (χ2v) is 4.34. The molecule has 82 valence electrons. The third-order valence-electron chi connectivity index (χ3n) is 2.86. The van der Waals surface area contributed by atoms with Crippen LogP contribution in [-0.4, -0.2) is 29.6 Å². The van der Waals surface area contributed by atoms with Gasteiger partial charge in [-0.1, -0.05) is 11.6 Å². The standard InChI is InChI=1S/C10H15ClN4/c1-15(8(4-12)7-2-3-7)10-6-13-5-9(11)14-10/h5-8H,2-4,12H2,1H3. The first-order valence-corrected chi connectivity index (χ1v) is 5.50. The maximum absolute atomic E-state index is 5.80. The van der Waals surface area contributed by atoms with Gasteiger partial charge in [0.25, 0.3) is 0 Å². The van der Waals surface area contributed by atoms with Crippen LogP contribution in [-0.2, 0) is 0 Å². The van der Waals surface area contributed by atoms with Crippen molar-refractivity contribution in [1.82, 2.24) is 9.97 Å². The second-order valence-electron chi connectivity index (χ2n) is 3.95. The van der Waals surface area contributed by atoms with Gasteiger partial charge in [-0.25, -0.2) is 4.98 Å². The van der Waals surface area contributed by atoms with Crippen LogP contribution in [0.2, 0.25) is 5.15 Å². The maximum atomic E-state index is 5.80. The Labute approximate surface area is 94.5 Å². The summed E-state index contributed by atoms with van der Waals surface area (Å²) in [6.45, 7) is 0.648. The van der Waals surface area contributed by atoms with E-state index < -0.39 is 0 Å². The van der Waals surface area contributed by atoms with Crippen LogP contribution in [0, 0.1) is 5.92 Å². The Hall–Kier alpha value is -0.870. The Bertz CT molecular complexity index is 340. The van der Waals surface area contributed by atoms with E-state index in [1.54, 1.807) is 6.20 Å². The SMILES string of the molecule is CN(c1cncc(Cl)n1)C(CN)C1CC1. The molecule has 0 spiro atoms. The molecule has 1 aromatic rings. The quantitative estimate of drug-likeness (QED) is 0.841. The Kier molecular flexibility index (Phi) is 3.07. The van der Waals surface area contributed by atoms with Crippen LogP contribution in [0.15, 0.2) is 12.4 Å². The van der Waals surface area contributed by atoms with Gasteiger partial charge >= 0.3 is 0 Å². The number of rotatable bonds is 4. The van der Waals surface area contributed by atoms with Crippen LogP contribution >= 0.6 is 11.6 Å². The van der Waals surface area contributed by atoms with Crippen molar-refractivity contribution < 1.29 is 0 Å². The highest BCUT2D eigenvalue weighted by Crippen LogP contribution is 2.35. The second kappa shape index (κ2) is 4.33. The molecule has 1 fully saturated rings. The largest absolute Gasteiger partial charge is 0.354 e. The number of anilines is 1. The number of hydrogen-bond acceptors (Lipinski definition) is 4. The molecule has 1 aromatic heterocycles. The van der Waals surface area contributed by atoms with Gasteiger partial charge < -0.3 is 10.6 Å². The highest BCUT2D eigenvalue weighted by molar-refractivity contribution is 6.29. The molecule has 0 saturated heterocycles. The molecule has 5 heteroatoms. The van der Waals surface area contributed by atoms with E-state index in [1.807, 2.05) is 7.05 Å². The van der Waals surface area contributed by atoms with E-state index in [9.17, 15) is 0 Å². The maximum Gasteiger partial charge on any atom is 0.149 e. The van der Waals surface area contributed by atoms with Gasteiger partial charge in [-0.2, -0.15) is 0 Å². The molecule has 1 unspecified atom stereocenters. The molecule has 0 bridgehead atoms. The van der Waals surface area contributed by atoms with E-state index in [0.29, 0.717) is 23.7 Å².